The van der Waals surface area contributed by atoms with Gasteiger partial charge in [0.15, 0.2) is 0 Å². The van der Waals surface area contributed by atoms with Crippen LogP contribution in [-0.4, -0.2) is 40.0 Å². The number of rotatable bonds is 8. The standard InChI is InChI=1S/C10H19N3OS/c1-9(10-3-4-12-13-10)11-5-8-15-7-2-6-14/h3-4,9,11,14H,2,5-8H2,1H3,(H,12,13). The van der Waals surface area contributed by atoms with E-state index in [1.54, 1.807) is 6.20 Å². The molecule has 0 amide bonds. The Kier molecular flexibility index (Phi) is 6.47. The summed E-state index contributed by atoms with van der Waals surface area (Å²) < 4.78 is 0. The van der Waals surface area contributed by atoms with Crippen LogP contribution in [0.4, 0.5) is 0 Å². The van der Waals surface area contributed by atoms with Crippen LogP contribution in [0.2, 0.25) is 0 Å². The van der Waals surface area contributed by atoms with Gasteiger partial charge in [0.1, 0.15) is 0 Å². The summed E-state index contributed by atoms with van der Waals surface area (Å²) in [6, 6.07) is 2.31. The van der Waals surface area contributed by atoms with E-state index in [1.807, 2.05) is 17.8 Å². The number of nitrogens with one attached hydrogen (secondary N) is 2. The number of aliphatic hydroxyl groups excluding tert-OH is 1. The molecule has 0 spiro atoms. The van der Waals surface area contributed by atoms with Crippen molar-refractivity contribution >= 4 is 11.8 Å². The van der Waals surface area contributed by atoms with Gasteiger partial charge < -0.3 is 10.4 Å². The minimum Gasteiger partial charge on any atom is -0.396 e. The molecule has 5 heteroatoms. The molecule has 1 aromatic heterocycles. The average molecular weight is 229 g/mol. The summed E-state index contributed by atoms with van der Waals surface area (Å²) in [5, 5.41) is 18.9. The van der Waals surface area contributed by atoms with Gasteiger partial charge in [0.25, 0.3) is 0 Å². The number of hydrogen-bond acceptors (Lipinski definition) is 4. The molecule has 0 saturated heterocycles. The SMILES string of the molecule is CC(NCCSCCCO)c1ccn[nH]1. The van der Waals surface area contributed by atoms with Gasteiger partial charge in [-0.15, -0.1) is 0 Å². The monoisotopic (exact) mass is 229 g/mol. The molecule has 1 atom stereocenters. The van der Waals surface area contributed by atoms with Crippen LogP contribution in [-0.2, 0) is 0 Å². The van der Waals surface area contributed by atoms with Crippen LogP contribution in [0.25, 0.3) is 0 Å². The van der Waals surface area contributed by atoms with Crippen LogP contribution >= 0.6 is 11.8 Å². The summed E-state index contributed by atoms with van der Waals surface area (Å²) >= 11 is 1.87. The maximum absolute atomic E-state index is 8.60. The molecule has 0 aliphatic carbocycles. The van der Waals surface area contributed by atoms with Crippen molar-refractivity contribution in [1.82, 2.24) is 15.5 Å². The van der Waals surface area contributed by atoms with Crippen molar-refractivity contribution in [1.29, 1.82) is 0 Å². The van der Waals surface area contributed by atoms with Crippen molar-refractivity contribution in [3.63, 3.8) is 0 Å². The lowest BCUT2D eigenvalue weighted by molar-refractivity contribution is 0.296. The van der Waals surface area contributed by atoms with E-state index >= 15 is 0 Å². The molecule has 86 valence electrons. The highest BCUT2D eigenvalue weighted by atomic mass is 32.2. The zero-order valence-electron chi connectivity index (χ0n) is 9.07. The number of thioether (sulfide) groups is 1. The smallest absolute Gasteiger partial charge is 0.0518 e. The van der Waals surface area contributed by atoms with Crippen LogP contribution in [0, 0.1) is 0 Å². The lowest BCUT2D eigenvalue weighted by atomic mass is 10.2. The second-order valence-corrected chi connectivity index (χ2v) is 4.60. The molecule has 0 radical (unpaired) electrons. The van der Waals surface area contributed by atoms with Crippen molar-refractivity contribution < 1.29 is 5.11 Å². The largest absolute Gasteiger partial charge is 0.396 e. The van der Waals surface area contributed by atoms with Crippen molar-refractivity contribution in [2.75, 3.05) is 24.7 Å². The minimum atomic E-state index is 0.297. The second kappa shape index (κ2) is 7.73. The van der Waals surface area contributed by atoms with Crippen LogP contribution in [0.1, 0.15) is 25.1 Å². The second-order valence-electron chi connectivity index (χ2n) is 3.38. The van der Waals surface area contributed by atoms with E-state index in [2.05, 4.69) is 22.4 Å². The molecule has 1 heterocycles. The predicted molar refractivity (Wildman–Crippen MR) is 64.0 cm³/mol. The van der Waals surface area contributed by atoms with Gasteiger partial charge >= 0.3 is 0 Å². The molecule has 0 aliphatic rings. The van der Waals surface area contributed by atoms with Gasteiger partial charge in [0.2, 0.25) is 0 Å². The molecule has 15 heavy (non-hydrogen) atoms. The molecule has 0 bridgehead atoms. The van der Waals surface area contributed by atoms with Crippen molar-refractivity contribution in [2.45, 2.75) is 19.4 Å². The summed E-state index contributed by atoms with van der Waals surface area (Å²) in [6.45, 7) is 3.40. The first-order valence-electron chi connectivity index (χ1n) is 5.26. The third-order valence-electron chi connectivity index (χ3n) is 2.13. The first-order valence-corrected chi connectivity index (χ1v) is 6.41. The average Bonchev–Trinajstić information content (AvgIpc) is 2.76. The molecule has 0 fully saturated rings. The molecule has 1 aromatic rings. The van der Waals surface area contributed by atoms with Crippen molar-refractivity contribution in [2.24, 2.45) is 0 Å². The molecule has 3 N–H and O–H groups in total. The predicted octanol–water partition coefficient (Wildman–Crippen LogP) is 1.18. The molecule has 0 aliphatic heterocycles. The quantitative estimate of drug-likeness (QED) is 0.586. The van der Waals surface area contributed by atoms with Crippen LogP contribution in [0.15, 0.2) is 12.3 Å². The third kappa shape index (κ3) is 5.20. The first-order chi connectivity index (χ1) is 7.34. The third-order valence-corrected chi connectivity index (χ3v) is 3.20. The maximum Gasteiger partial charge on any atom is 0.0518 e. The van der Waals surface area contributed by atoms with Crippen molar-refractivity contribution in [3.8, 4) is 0 Å². The lowest BCUT2D eigenvalue weighted by Crippen LogP contribution is -2.21. The Morgan fingerprint density at radius 2 is 2.47 bits per heavy atom. The Bertz CT molecular complexity index is 241. The number of aromatic amines is 1. The Morgan fingerprint density at radius 1 is 1.60 bits per heavy atom. The topological polar surface area (TPSA) is 60.9 Å². The normalized spacial score (nSPS) is 12.9. The number of H-pyrrole nitrogens is 1. The summed E-state index contributed by atoms with van der Waals surface area (Å²) in [4.78, 5) is 0. The van der Waals surface area contributed by atoms with E-state index in [0.29, 0.717) is 12.6 Å². The van der Waals surface area contributed by atoms with Crippen LogP contribution < -0.4 is 5.32 Å². The Balaban J connectivity index is 2.00. The fourth-order valence-corrected chi connectivity index (χ4v) is 2.03. The molecular weight excluding hydrogens is 210 g/mol. The molecule has 0 saturated carbocycles. The van der Waals surface area contributed by atoms with E-state index in [9.17, 15) is 0 Å². The first kappa shape index (κ1) is 12.5. The number of hydrogen-bond donors (Lipinski definition) is 3. The van der Waals surface area contributed by atoms with E-state index in [0.717, 1.165) is 30.2 Å². The summed E-state index contributed by atoms with van der Waals surface area (Å²) in [5.41, 5.74) is 1.12. The van der Waals surface area contributed by atoms with Crippen LogP contribution in [0.3, 0.4) is 0 Å². The van der Waals surface area contributed by atoms with Gasteiger partial charge in [-0.1, -0.05) is 0 Å². The fraction of sp³-hybridized carbons (Fsp3) is 0.700. The van der Waals surface area contributed by atoms with Gasteiger partial charge in [0.05, 0.1) is 5.69 Å². The Morgan fingerprint density at radius 3 is 3.13 bits per heavy atom. The van der Waals surface area contributed by atoms with E-state index in [4.69, 9.17) is 5.11 Å². The molecule has 4 nitrogen and oxygen atoms in total. The Labute approximate surface area is 94.9 Å². The minimum absolute atomic E-state index is 0.297. The molecule has 1 rings (SSSR count). The fourth-order valence-electron chi connectivity index (χ4n) is 1.23. The highest BCUT2D eigenvalue weighted by Crippen LogP contribution is 2.07. The van der Waals surface area contributed by atoms with Gasteiger partial charge in [-0.25, -0.2) is 0 Å². The molecule has 0 aromatic carbocycles. The zero-order valence-corrected chi connectivity index (χ0v) is 9.89. The summed E-state index contributed by atoms with van der Waals surface area (Å²) in [5.74, 6) is 2.12. The number of aromatic nitrogens is 2. The molecule has 1 unspecified atom stereocenters. The van der Waals surface area contributed by atoms with Gasteiger partial charge in [0, 0.05) is 31.1 Å². The zero-order chi connectivity index (χ0) is 10.9. The van der Waals surface area contributed by atoms with E-state index in [1.165, 1.54) is 0 Å². The van der Waals surface area contributed by atoms with Gasteiger partial charge in [-0.2, -0.15) is 16.9 Å². The van der Waals surface area contributed by atoms with Gasteiger partial charge in [-0.3, -0.25) is 5.10 Å². The van der Waals surface area contributed by atoms with Crippen LogP contribution in [0.5, 0.6) is 0 Å². The highest BCUT2D eigenvalue weighted by molar-refractivity contribution is 7.99. The van der Waals surface area contributed by atoms with E-state index in [-0.39, 0.29) is 0 Å². The van der Waals surface area contributed by atoms with Gasteiger partial charge in [-0.05, 0) is 25.2 Å². The van der Waals surface area contributed by atoms with E-state index < -0.39 is 0 Å². The van der Waals surface area contributed by atoms with Crippen molar-refractivity contribution in [3.05, 3.63) is 18.0 Å². The Hall–Kier alpha value is -0.520. The number of nitrogens with zero attached hydrogens (tertiary/aromatic N) is 1. The summed E-state index contributed by atoms with van der Waals surface area (Å²) in [6.07, 6.45) is 2.66. The lowest BCUT2D eigenvalue weighted by Gasteiger charge is -2.11. The summed E-state index contributed by atoms with van der Waals surface area (Å²) in [7, 11) is 0. The maximum atomic E-state index is 8.60. The number of aliphatic hydroxyl groups is 1. The highest BCUT2D eigenvalue weighted by Gasteiger charge is 2.04. The molecular formula is C10H19N3OS.